The summed E-state index contributed by atoms with van der Waals surface area (Å²) in [6, 6.07) is 10.3. The van der Waals surface area contributed by atoms with Gasteiger partial charge in [0, 0.05) is 6.20 Å². The SMILES string of the molecule is CCNC(c1cncc(F)c1)c1cccc(C2CCC2)c1. The smallest absolute Gasteiger partial charge is 0.141 e. The molecule has 1 saturated carbocycles. The van der Waals surface area contributed by atoms with E-state index < -0.39 is 0 Å². The summed E-state index contributed by atoms with van der Waals surface area (Å²) in [6.07, 6.45) is 6.90. The molecule has 0 aliphatic heterocycles. The van der Waals surface area contributed by atoms with Gasteiger partial charge in [-0.05, 0) is 48.1 Å². The molecule has 1 aromatic carbocycles. The summed E-state index contributed by atoms with van der Waals surface area (Å²) in [7, 11) is 0. The zero-order valence-corrected chi connectivity index (χ0v) is 12.3. The molecular weight excluding hydrogens is 263 g/mol. The number of rotatable bonds is 5. The van der Waals surface area contributed by atoms with Gasteiger partial charge in [0.1, 0.15) is 5.82 Å². The van der Waals surface area contributed by atoms with Crippen LogP contribution in [0, 0.1) is 5.82 Å². The highest BCUT2D eigenvalue weighted by atomic mass is 19.1. The molecule has 21 heavy (non-hydrogen) atoms. The maximum absolute atomic E-state index is 13.5. The molecule has 1 aliphatic carbocycles. The fourth-order valence-electron chi connectivity index (χ4n) is 2.95. The lowest BCUT2D eigenvalue weighted by atomic mass is 9.79. The van der Waals surface area contributed by atoms with Crippen molar-refractivity contribution in [1.29, 1.82) is 0 Å². The second-order valence-electron chi connectivity index (χ2n) is 5.73. The van der Waals surface area contributed by atoms with Gasteiger partial charge >= 0.3 is 0 Å². The third kappa shape index (κ3) is 3.13. The average Bonchev–Trinajstić information content (AvgIpc) is 2.43. The third-order valence-corrected chi connectivity index (χ3v) is 4.29. The summed E-state index contributed by atoms with van der Waals surface area (Å²) in [5, 5.41) is 3.44. The van der Waals surface area contributed by atoms with Crippen molar-refractivity contribution in [3.8, 4) is 0 Å². The van der Waals surface area contributed by atoms with Gasteiger partial charge in [-0.15, -0.1) is 0 Å². The molecule has 1 heterocycles. The molecule has 1 fully saturated rings. The summed E-state index contributed by atoms with van der Waals surface area (Å²) in [4.78, 5) is 3.98. The Morgan fingerprint density at radius 1 is 1.24 bits per heavy atom. The lowest BCUT2D eigenvalue weighted by Crippen LogP contribution is -2.22. The topological polar surface area (TPSA) is 24.9 Å². The molecule has 1 aromatic heterocycles. The Morgan fingerprint density at radius 2 is 2.10 bits per heavy atom. The minimum atomic E-state index is -0.287. The molecule has 0 spiro atoms. The molecular formula is C18H21FN2. The highest BCUT2D eigenvalue weighted by Crippen LogP contribution is 2.37. The minimum Gasteiger partial charge on any atom is -0.306 e. The Labute approximate surface area is 125 Å². The molecule has 0 radical (unpaired) electrons. The first-order valence-corrected chi connectivity index (χ1v) is 7.71. The van der Waals surface area contributed by atoms with Gasteiger partial charge in [-0.1, -0.05) is 37.6 Å². The van der Waals surface area contributed by atoms with Crippen molar-refractivity contribution in [3.05, 3.63) is 65.2 Å². The predicted octanol–water partition coefficient (Wildman–Crippen LogP) is 4.19. The standard InChI is InChI=1S/C18H21FN2/c1-2-21-18(16-10-17(19)12-20-11-16)15-8-4-7-14(9-15)13-5-3-6-13/h4,7-13,18,21H,2-3,5-6H2,1H3. The summed E-state index contributed by atoms with van der Waals surface area (Å²) in [6.45, 7) is 2.89. The maximum Gasteiger partial charge on any atom is 0.141 e. The van der Waals surface area contributed by atoms with Crippen molar-refractivity contribution in [3.63, 3.8) is 0 Å². The molecule has 1 N–H and O–H groups in total. The molecule has 0 bridgehead atoms. The van der Waals surface area contributed by atoms with Crippen LogP contribution in [0.15, 0.2) is 42.7 Å². The maximum atomic E-state index is 13.5. The third-order valence-electron chi connectivity index (χ3n) is 4.29. The number of pyridine rings is 1. The second kappa shape index (κ2) is 6.35. The van der Waals surface area contributed by atoms with Crippen molar-refractivity contribution in [2.75, 3.05) is 6.54 Å². The van der Waals surface area contributed by atoms with Gasteiger partial charge in [0.15, 0.2) is 0 Å². The van der Waals surface area contributed by atoms with E-state index in [1.807, 2.05) is 0 Å². The normalized spacial score (nSPS) is 16.5. The minimum absolute atomic E-state index is 0.00164. The average molecular weight is 284 g/mol. The molecule has 1 unspecified atom stereocenters. The van der Waals surface area contributed by atoms with Gasteiger partial charge < -0.3 is 5.32 Å². The zero-order chi connectivity index (χ0) is 14.7. The van der Waals surface area contributed by atoms with Crippen molar-refractivity contribution < 1.29 is 4.39 Å². The van der Waals surface area contributed by atoms with Gasteiger partial charge in [-0.2, -0.15) is 0 Å². The first-order valence-electron chi connectivity index (χ1n) is 7.71. The molecule has 2 aromatic rings. The Balaban J connectivity index is 1.93. The van der Waals surface area contributed by atoms with Crippen LogP contribution in [-0.4, -0.2) is 11.5 Å². The largest absolute Gasteiger partial charge is 0.306 e. The highest BCUT2D eigenvalue weighted by Gasteiger charge is 2.21. The number of nitrogens with one attached hydrogen (secondary N) is 1. The number of hydrogen-bond donors (Lipinski definition) is 1. The van der Waals surface area contributed by atoms with Gasteiger partial charge in [0.05, 0.1) is 12.2 Å². The van der Waals surface area contributed by atoms with E-state index >= 15 is 0 Å². The van der Waals surface area contributed by atoms with Crippen LogP contribution in [0.4, 0.5) is 4.39 Å². The van der Waals surface area contributed by atoms with E-state index in [-0.39, 0.29) is 11.9 Å². The Hall–Kier alpha value is -1.74. The van der Waals surface area contributed by atoms with E-state index in [1.54, 1.807) is 12.3 Å². The number of aromatic nitrogens is 1. The second-order valence-corrected chi connectivity index (χ2v) is 5.73. The van der Waals surface area contributed by atoms with Crippen LogP contribution < -0.4 is 5.32 Å². The molecule has 0 saturated heterocycles. The fraction of sp³-hybridized carbons (Fsp3) is 0.389. The van der Waals surface area contributed by atoms with Crippen LogP contribution in [0.5, 0.6) is 0 Å². The molecule has 110 valence electrons. The number of halogens is 1. The van der Waals surface area contributed by atoms with Crippen molar-refractivity contribution in [2.45, 2.75) is 38.1 Å². The van der Waals surface area contributed by atoms with Crippen molar-refractivity contribution in [2.24, 2.45) is 0 Å². The Bertz CT molecular complexity index is 608. The van der Waals surface area contributed by atoms with E-state index in [4.69, 9.17) is 0 Å². The first-order chi connectivity index (χ1) is 10.3. The lowest BCUT2D eigenvalue weighted by Gasteiger charge is -2.27. The summed E-state index contributed by atoms with van der Waals surface area (Å²) in [5.41, 5.74) is 3.47. The van der Waals surface area contributed by atoms with Gasteiger partial charge in [0.2, 0.25) is 0 Å². The van der Waals surface area contributed by atoms with E-state index in [9.17, 15) is 4.39 Å². The zero-order valence-electron chi connectivity index (χ0n) is 12.3. The monoisotopic (exact) mass is 284 g/mol. The van der Waals surface area contributed by atoms with Crippen LogP contribution in [0.25, 0.3) is 0 Å². The number of hydrogen-bond acceptors (Lipinski definition) is 2. The summed E-state index contributed by atoms with van der Waals surface area (Å²) < 4.78 is 13.5. The van der Waals surface area contributed by atoms with Crippen LogP contribution in [0.1, 0.15) is 54.8 Å². The molecule has 1 aliphatic rings. The van der Waals surface area contributed by atoms with Crippen LogP contribution in [-0.2, 0) is 0 Å². The van der Waals surface area contributed by atoms with Crippen molar-refractivity contribution in [1.82, 2.24) is 10.3 Å². The number of benzene rings is 1. The Kier molecular flexibility index (Phi) is 4.30. The van der Waals surface area contributed by atoms with E-state index in [0.717, 1.165) is 12.1 Å². The van der Waals surface area contributed by atoms with Gasteiger partial charge in [-0.25, -0.2) is 4.39 Å². The predicted molar refractivity (Wildman–Crippen MR) is 82.7 cm³/mol. The summed E-state index contributed by atoms with van der Waals surface area (Å²) in [5.74, 6) is 0.420. The van der Waals surface area contributed by atoms with E-state index in [2.05, 4.69) is 41.5 Å². The van der Waals surface area contributed by atoms with Crippen LogP contribution >= 0.6 is 0 Å². The number of nitrogens with zero attached hydrogens (tertiary/aromatic N) is 1. The van der Waals surface area contributed by atoms with Crippen LogP contribution in [0.2, 0.25) is 0 Å². The molecule has 2 nitrogen and oxygen atoms in total. The van der Waals surface area contributed by atoms with Gasteiger partial charge in [0.25, 0.3) is 0 Å². The van der Waals surface area contributed by atoms with Crippen LogP contribution in [0.3, 0.4) is 0 Å². The summed E-state index contributed by atoms with van der Waals surface area (Å²) >= 11 is 0. The lowest BCUT2D eigenvalue weighted by molar-refractivity contribution is 0.419. The Morgan fingerprint density at radius 3 is 2.76 bits per heavy atom. The molecule has 3 rings (SSSR count). The quantitative estimate of drug-likeness (QED) is 0.890. The highest BCUT2D eigenvalue weighted by molar-refractivity contribution is 5.35. The van der Waals surface area contributed by atoms with Crippen molar-refractivity contribution >= 4 is 0 Å². The van der Waals surface area contributed by atoms with E-state index in [1.165, 1.54) is 36.6 Å². The van der Waals surface area contributed by atoms with E-state index in [0.29, 0.717) is 5.92 Å². The fourth-order valence-corrected chi connectivity index (χ4v) is 2.95. The van der Waals surface area contributed by atoms with Gasteiger partial charge in [-0.3, -0.25) is 4.98 Å². The first kappa shape index (κ1) is 14.2. The molecule has 3 heteroatoms. The molecule has 1 atom stereocenters. The molecule has 0 amide bonds.